The number of anilines is 1. The number of hydrogen-bond donors (Lipinski definition) is 1. The lowest BCUT2D eigenvalue weighted by molar-refractivity contribution is 0.331. The molecule has 1 aliphatic rings. The number of pyridine rings is 1. The van der Waals surface area contributed by atoms with Crippen molar-refractivity contribution >= 4 is 29.0 Å². The molecule has 3 heterocycles. The van der Waals surface area contributed by atoms with Gasteiger partial charge in [-0.1, -0.05) is 53.5 Å². The Hall–Kier alpha value is -3.00. The van der Waals surface area contributed by atoms with Crippen LogP contribution in [0.1, 0.15) is 18.4 Å². The second kappa shape index (κ2) is 8.86. The Kier molecular flexibility index (Phi) is 5.78. The van der Waals surface area contributed by atoms with Crippen molar-refractivity contribution in [3.05, 3.63) is 70.3 Å². The van der Waals surface area contributed by atoms with Gasteiger partial charge in [-0.2, -0.15) is 4.68 Å². The lowest BCUT2D eigenvalue weighted by Crippen LogP contribution is -2.18. The van der Waals surface area contributed by atoms with E-state index in [-0.39, 0.29) is 0 Å². The first-order valence-electron chi connectivity index (χ1n) is 10.4. The molecule has 4 aromatic rings. The monoisotopic (exact) mass is 465 g/mol. The van der Waals surface area contributed by atoms with Gasteiger partial charge in [0.2, 0.25) is 0 Å². The van der Waals surface area contributed by atoms with Gasteiger partial charge in [0, 0.05) is 18.3 Å². The van der Waals surface area contributed by atoms with Gasteiger partial charge in [-0.3, -0.25) is 4.90 Å². The Bertz CT molecular complexity index is 1230. The quantitative estimate of drug-likeness (QED) is 0.452. The zero-order valence-electron chi connectivity index (χ0n) is 17.2. The zero-order chi connectivity index (χ0) is 22.1. The van der Waals surface area contributed by atoms with Gasteiger partial charge >= 0.3 is 0 Å². The minimum Gasteiger partial charge on any atom is -0.383 e. The highest BCUT2D eigenvalue weighted by molar-refractivity contribution is 6.37. The summed E-state index contributed by atoms with van der Waals surface area (Å²) >= 11 is 12.7. The van der Waals surface area contributed by atoms with Crippen LogP contribution in [0.15, 0.2) is 54.7 Å². The van der Waals surface area contributed by atoms with E-state index in [1.165, 1.54) is 36.2 Å². The molecule has 1 saturated heterocycles. The van der Waals surface area contributed by atoms with Crippen molar-refractivity contribution in [1.82, 2.24) is 30.1 Å². The molecule has 0 radical (unpaired) electrons. The molecule has 2 aromatic carbocycles. The van der Waals surface area contributed by atoms with E-state index in [2.05, 4.69) is 49.7 Å². The summed E-state index contributed by atoms with van der Waals surface area (Å²) in [7, 11) is 0. The zero-order valence-corrected chi connectivity index (χ0v) is 18.8. The Balaban J connectivity index is 1.49. The first-order chi connectivity index (χ1) is 15.6. The maximum absolute atomic E-state index is 6.37. The highest BCUT2D eigenvalue weighted by Crippen LogP contribution is 2.33. The normalized spacial score (nSPS) is 14.2. The summed E-state index contributed by atoms with van der Waals surface area (Å²) in [4.78, 5) is 6.88. The summed E-state index contributed by atoms with van der Waals surface area (Å²) in [5, 5.41) is 12.9. The number of nitrogens with zero attached hydrogens (tertiary/aromatic N) is 6. The lowest BCUT2D eigenvalue weighted by Gasteiger charge is -2.15. The topological polar surface area (TPSA) is 85.8 Å². The molecule has 162 valence electrons. The third-order valence-electron chi connectivity index (χ3n) is 5.67. The number of aromatic nitrogens is 5. The molecule has 9 heteroatoms. The highest BCUT2D eigenvalue weighted by atomic mass is 35.5. The van der Waals surface area contributed by atoms with Crippen LogP contribution < -0.4 is 5.73 Å². The van der Waals surface area contributed by atoms with Gasteiger partial charge in [-0.15, -0.1) is 5.10 Å². The number of hydrogen-bond acceptors (Lipinski definition) is 6. The maximum Gasteiger partial charge on any atom is 0.190 e. The van der Waals surface area contributed by atoms with Crippen molar-refractivity contribution in [2.24, 2.45) is 0 Å². The predicted molar refractivity (Wildman–Crippen MR) is 127 cm³/mol. The molecule has 32 heavy (non-hydrogen) atoms. The van der Waals surface area contributed by atoms with E-state index < -0.39 is 0 Å². The number of para-hydroxylation sites is 1. The number of benzene rings is 2. The van der Waals surface area contributed by atoms with Crippen LogP contribution in [-0.2, 0) is 6.54 Å². The van der Waals surface area contributed by atoms with Crippen molar-refractivity contribution in [3.8, 4) is 28.2 Å². The van der Waals surface area contributed by atoms with E-state index >= 15 is 0 Å². The molecule has 0 unspecified atom stereocenters. The summed E-state index contributed by atoms with van der Waals surface area (Å²) < 4.78 is 1.49. The van der Waals surface area contributed by atoms with E-state index in [0.29, 0.717) is 32.9 Å². The summed E-state index contributed by atoms with van der Waals surface area (Å²) in [6, 6.07) is 15.7. The number of tetrazole rings is 1. The standard InChI is InChI=1S/C23H21Cl2N7/c24-19-4-3-5-20(25)21(19)32-23(28-29-30-32)18-12-17(13-27-22(18)26)16-8-6-15(7-9-16)14-31-10-1-2-11-31/h3-9,12-13H,1-2,10-11,14H2,(H2,26,27). The van der Waals surface area contributed by atoms with Crippen LogP contribution in [0.4, 0.5) is 5.82 Å². The van der Waals surface area contributed by atoms with Gasteiger partial charge in [0.1, 0.15) is 11.5 Å². The Morgan fingerprint density at radius 2 is 1.66 bits per heavy atom. The summed E-state index contributed by atoms with van der Waals surface area (Å²) in [6.07, 6.45) is 4.33. The predicted octanol–water partition coefficient (Wildman–Crippen LogP) is 4.88. The Morgan fingerprint density at radius 3 is 2.38 bits per heavy atom. The molecule has 0 bridgehead atoms. The number of rotatable bonds is 5. The average molecular weight is 466 g/mol. The third kappa shape index (κ3) is 4.07. The van der Waals surface area contributed by atoms with Crippen molar-refractivity contribution in [2.75, 3.05) is 18.8 Å². The SMILES string of the molecule is Nc1ncc(-c2ccc(CN3CCCC3)cc2)cc1-c1nnnn1-c1c(Cl)cccc1Cl. The maximum atomic E-state index is 6.37. The fourth-order valence-electron chi connectivity index (χ4n) is 4.01. The molecule has 0 saturated carbocycles. The highest BCUT2D eigenvalue weighted by Gasteiger charge is 2.19. The fourth-order valence-corrected chi connectivity index (χ4v) is 4.57. The van der Waals surface area contributed by atoms with Crippen LogP contribution in [0, 0.1) is 0 Å². The lowest BCUT2D eigenvalue weighted by atomic mass is 10.0. The van der Waals surface area contributed by atoms with Crippen molar-refractivity contribution in [1.29, 1.82) is 0 Å². The van der Waals surface area contributed by atoms with Crippen LogP contribution in [-0.4, -0.2) is 43.2 Å². The molecule has 0 spiro atoms. The van der Waals surface area contributed by atoms with Crippen LogP contribution >= 0.6 is 23.2 Å². The average Bonchev–Trinajstić information content (AvgIpc) is 3.47. The second-order valence-corrected chi connectivity index (χ2v) is 8.64. The molecular weight excluding hydrogens is 445 g/mol. The molecule has 2 N–H and O–H groups in total. The van der Waals surface area contributed by atoms with Crippen molar-refractivity contribution < 1.29 is 0 Å². The first kappa shape index (κ1) is 20.9. The van der Waals surface area contributed by atoms with Gasteiger partial charge in [0.25, 0.3) is 0 Å². The van der Waals surface area contributed by atoms with E-state index in [1.54, 1.807) is 24.4 Å². The number of halogens is 2. The van der Waals surface area contributed by atoms with Crippen molar-refractivity contribution in [3.63, 3.8) is 0 Å². The van der Waals surface area contributed by atoms with E-state index in [4.69, 9.17) is 28.9 Å². The minimum absolute atomic E-state index is 0.318. The van der Waals surface area contributed by atoms with Crippen LogP contribution in [0.3, 0.4) is 0 Å². The molecule has 0 amide bonds. The first-order valence-corrected chi connectivity index (χ1v) is 11.2. The van der Waals surface area contributed by atoms with Crippen molar-refractivity contribution in [2.45, 2.75) is 19.4 Å². The fraction of sp³-hybridized carbons (Fsp3) is 0.217. The van der Waals surface area contributed by atoms with Crippen LogP contribution in [0.2, 0.25) is 10.0 Å². The van der Waals surface area contributed by atoms with Gasteiger partial charge in [0.05, 0.1) is 15.6 Å². The van der Waals surface area contributed by atoms with Gasteiger partial charge in [-0.25, -0.2) is 4.98 Å². The molecule has 0 aliphatic carbocycles. The van der Waals surface area contributed by atoms with E-state index in [1.807, 2.05) is 6.07 Å². The number of nitrogens with two attached hydrogens (primary N) is 1. The molecule has 7 nitrogen and oxygen atoms in total. The summed E-state index contributed by atoms with van der Waals surface area (Å²) in [5.74, 6) is 0.733. The second-order valence-electron chi connectivity index (χ2n) is 7.82. The smallest absolute Gasteiger partial charge is 0.190 e. The third-order valence-corrected chi connectivity index (χ3v) is 6.28. The Morgan fingerprint density at radius 1 is 0.938 bits per heavy atom. The van der Waals surface area contributed by atoms with Crippen LogP contribution in [0.25, 0.3) is 28.2 Å². The van der Waals surface area contributed by atoms with Gasteiger partial charge in [0.15, 0.2) is 5.82 Å². The minimum atomic E-state index is 0.318. The summed E-state index contributed by atoms with van der Waals surface area (Å²) in [6.45, 7) is 3.34. The molecule has 1 fully saturated rings. The molecule has 1 aliphatic heterocycles. The number of nitrogen functional groups attached to an aromatic ring is 1. The molecular formula is C23H21Cl2N7. The Labute approximate surface area is 195 Å². The molecule has 2 aromatic heterocycles. The van der Waals surface area contributed by atoms with Gasteiger partial charge < -0.3 is 5.73 Å². The van der Waals surface area contributed by atoms with E-state index in [0.717, 1.165) is 17.7 Å². The molecule has 5 rings (SSSR count). The van der Waals surface area contributed by atoms with E-state index in [9.17, 15) is 0 Å². The summed E-state index contributed by atoms with van der Waals surface area (Å²) in [5.41, 5.74) is 10.6. The van der Waals surface area contributed by atoms with Gasteiger partial charge in [-0.05, 0) is 65.7 Å². The van der Waals surface area contributed by atoms with Crippen LogP contribution in [0.5, 0.6) is 0 Å². The molecule has 0 atom stereocenters. The number of likely N-dealkylation sites (tertiary alicyclic amines) is 1. The largest absolute Gasteiger partial charge is 0.383 e.